The molecule has 8 heteroatoms. The zero-order chi connectivity index (χ0) is 17.4. The summed E-state index contributed by atoms with van der Waals surface area (Å²) in [5.41, 5.74) is 0.356. The van der Waals surface area contributed by atoms with Crippen LogP contribution in [-0.2, 0) is 14.8 Å². The Morgan fingerprint density at radius 3 is 2.35 bits per heavy atom. The van der Waals surface area contributed by atoms with Crippen molar-refractivity contribution in [3.63, 3.8) is 0 Å². The fraction of sp³-hybridized carbons (Fsp3) is 0.533. The van der Waals surface area contributed by atoms with Crippen LogP contribution in [0.3, 0.4) is 0 Å². The van der Waals surface area contributed by atoms with E-state index in [1.165, 1.54) is 20.2 Å². The first-order valence-electron chi connectivity index (χ1n) is 7.29. The Labute approximate surface area is 145 Å². The van der Waals surface area contributed by atoms with Gasteiger partial charge < -0.3 is 9.64 Å². The van der Waals surface area contributed by atoms with E-state index in [0.717, 1.165) is 4.31 Å². The third-order valence-electron chi connectivity index (χ3n) is 3.64. The summed E-state index contributed by atoms with van der Waals surface area (Å²) in [5, 5.41) is 0. The highest BCUT2D eigenvalue weighted by molar-refractivity contribution is 9.10. The summed E-state index contributed by atoms with van der Waals surface area (Å²) in [6.07, 6.45) is -0.0775. The lowest BCUT2D eigenvalue weighted by Crippen LogP contribution is -2.48. The number of sulfonamides is 1. The summed E-state index contributed by atoms with van der Waals surface area (Å²) < 4.78 is 31.9. The molecule has 2 rings (SSSR count). The normalized spacial score (nSPS) is 22.4. The van der Waals surface area contributed by atoms with Gasteiger partial charge in [0.2, 0.25) is 10.0 Å². The highest BCUT2D eigenvalue weighted by Gasteiger charge is 2.28. The van der Waals surface area contributed by atoms with Crippen molar-refractivity contribution < 1.29 is 17.9 Å². The number of hydrogen-bond acceptors (Lipinski definition) is 4. The number of benzene rings is 1. The molecule has 2 atom stereocenters. The van der Waals surface area contributed by atoms with Gasteiger partial charge in [-0.05, 0) is 48.0 Å². The smallest absolute Gasteiger partial charge is 0.254 e. The Morgan fingerprint density at radius 1 is 1.26 bits per heavy atom. The maximum atomic E-state index is 12.7. The Bertz CT molecular complexity index is 695. The highest BCUT2D eigenvalue weighted by atomic mass is 79.9. The molecule has 1 heterocycles. The largest absolute Gasteiger partial charge is 0.372 e. The van der Waals surface area contributed by atoms with Crippen LogP contribution in [0, 0.1) is 0 Å². The van der Waals surface area contributed by atoms with Gasteiger partial charge in [-0.1, -0.05) is 0 Å². The van der Waals surface area contributed by atoms with Crippen LogP contribution in [-0.4, -0.2) is 62.9 Å². The SMILES string of the molecule is CC1CN(C(=O)c2ccc(Br)c(S(=O)(=O)N(C)C)c2)CC(C)O1. The second kappa shape index (κ2) is 6.88. The van der Waals surface area contributed by atoms with Crippen LogP contribution in [0.15, 0.2) is 27.6 Å². The Hall–Kier alpha value is -0.960. The molecule has 0 spiro atoms. The van der Waals surface area contributed by atoms with Crippen molar-refractivity contribution >= 4 is 31.9 Å². The van der Waals surface area contributed by atoms with E-state index in [9.17, 15) is 13.2 Å². The summed E-state index contributed by atoms with van der Waals surface area (Å²) in [4.78, 5) is 14.5. The van der Waals surface area contributed by atoms with Crippen molar-refractivity contribution in [1.29, 1.82) is 0 Å². The summed E-state index contributed by atoms with van der Waals surface area (Å²) in [7, 11) is -0.705. The van der Waals surface area contributed by atoms with Gasteiger partial charge in [-0.3, -0.25) is 4.79 Å². The zero-order valence-electron chi connectivity index (χ0n) is 13.6. The van der Waals surface area contributed by atoms with E-state index in [0.29, 0.717) is 23.1 Å². The van der Waals surface area contributed by atoms with Gasteiger partial charge in [0.1, 0.15) is 0 Å². The van der Waals surface area contributed by atoms with Gasteiger partial charge in [0.05, 0.1) is 17.1 Å². The van der Waals surface area contributed by atoms with Gasteiger partial charge in [-0.15, -0.1) is 0 Å². The molecule has 23 heavy (non-hydrogen) atoms. The van der Waals surface area contributed by atoms with E-state index in [2.05, 4.69) is 15.9 Å². The van der Waals surface area contributed by atoms with Crippen LogP contribution in [0.4, 0.5) is 0 Å². The van der Waals surface area contributed by atoms with E-state index in [-0.39, 0.29) is 23.0 Å². The lowest BCUT2D eigenvalue weighted by Gasteiger charge is -2.35. The Kier molecular flexibility index (Phi) is 5.50. The average molecular weight is 405 g/mol. The summed E-state index contributed by atoms with van der Waals surface area (Å²) in [6, 6.07) is 4.65. The van der Waals surface area contributed by atoms with E-state index < -0.39 is 10.0 Å². The standard InChI is InChI=1S/C15H21BrN2O4S/c1-10-8-18(9-11(2)22-10)15(19)12-5-6-13(16)14(7-12)23(20,21)17(3)4/h5-7,10-11H,8-9H2,1-4H3. The van der Waals surface area contributed by atoms with Crippen molar-refractivity contribution in [2.75, 3.05) is 27.2 Å². The molecule has 0 N–H and O–H groups in total. The van der Waals surface area contributed by atoms with Crippen LogP contribution in [0.2, 0.25) is 0 Å². The van der Waals surface area contributed by atoms with Gasteiger partial charge in [-0.25, -0.2) is 12.7 Å². The van der Waals surface area contributed by atoms with Crippen LogP contribution >= 0.6 is 15.9 Å². The fourth-order valence-corrected chi connectivity index (χ4v) is 4.40. The molecule has 0 aliphatic carbocycles. The lowest BCUT2D eigenvalue weighted by atomic mass is 10.1. The zero-order valence-corrected chi connectivity index (χ0v) is 16.0. The van der Waals surface area contributed by atoms with Crippen molar-refractivity contribution in [3.05, 3.63) is 28.2 Å². The summed E-state index contributed by atoms with van der Waals surface area (Å²) in [6.45, 7) is 4.82. The van der Waals surface area contributed by atoms with Gasteiger partial charge in [-0.2, -0.15) is 0 Å². The van der Waals surface area contributed by atoms with Crippen molar-refractivity contribution in [1.82, 2.24) is 9.21 Å². The minimum atomic E-state index is -3.62. The molecule has 1 aromatic carbocycles. The third-order valence-corrected chi connectivity index (χ3v) is 6.45. The Morgan fingerprint density at radius 2 is 1.83 bits per heavy atom. The second-order valence-electron chi connectivity index (χ2n) is 5.90. The number of hydrogen-bond donors (Lipinski definition) is 0. The molecule has 0 aromatic heterocycles. The molecule has 0 saturated carbocycles. The first-order valence-corrected chi connectivity index (χ1v) is 9.53. The third kappa shape index (κ3) is 3.93. The number of morpholine rings is 1. The highest BCUT2D eigenvalue weighted by Crippen LogP contribution is 2.26. The average Bonchev–Trinajstić information content (AvgIpc) is 2.45. The van der Waals surface area contributed by atoms with Crippen LogP contribution in [0.1, 0.15) is 24.2 Å². The number of rotatable bonds is 3. The topological polar surface area (TPSA) is 66.9 Å². The lowest BCUT2D eigenvalue weighted by molar-refractivity contribution is -0.0586. The van der Waals surface area contributed by atoms with Crippen LogP contribution in [0.5, 0.6) is 0 Å². The maximum Gasteiger partial charge on any atom is 0.254 e. The van der Waals surface area contributed by atoms with E-state index in [1.54, 1.807) is 17.0 Å². The van der Waals surface area contributed by atoms with Crippen LogP contribution in [0.25, 0.3) is 0 Å². The molecule has 128 valence electrons. The quantitative estimate of drug-likeness (QED) is 0.771. The second-order valence-corrected chi connectivity index (χ2v) is 8.87. The molecule has 1 aliphatic rings. The van der Waals surface area contributed by atoms with Crippen molar-refractivity contribution in [2.24, 2.45) is 0 Å². The molecule has 1 aromatic rings. The minimum Gasteiger partial charge on any atom is -0.372 e. The molecular formula is C15H21BrN2O4S. The minimum absolute atomic E-state index is 0.0388. The van der Waals surface area contributed by atoms with Gasteiger partial charge >= 0.3 is 0 Å². The monoisotopic (exact) mass is 404 g/mol. The molecule has 0 radical (unpaired) electrons. The molecule has 6 nitrogen and oxygen atoms in total. The molecular weight excluding hydrogens is 384 g/mol. The number of amides is 1. The first-order chi connectivity index (χ1) is 10.6. The molecule has 1 aliphatic heterocycles. The number of carbonyl (C=O) groups is 1. The number of halogens is 1. The summed E-state index contributed by atoms with van der Waals surface area (Å²) >= 11 is 3.25. The summed E-state index contributed by atoms with van der Waals surface area (Å²) in [5.74, 6) is -0.185. The molecule has 1 fully saturated rings. The molecule has 1 amide bonds. The van der Waals surface area contributed by atoms with Gasteiger partial charge in [0.15, 0.2) is 0 Å². The number of nitrogens with zero attached hydrogens (tertiary/aromatic N) is 2. The van der Waals surface area contributed by atoms with E-state index in [4.69, 9.17) is 4.74 Å². The fourth-order valence-electron chi connectivity index (χ4n) is 2.56. The predicted molar refractivity (Wildman–Crippen MR) is 90.9 cm³/mol. The predicted octanol–water partition coefficient (Wildman–Crippen LogP) is 1.95. The van der Waals surface area contributed by atoms with Crippen molar-refractivity contribution in [2.45, 2.75) is 31.0 Å². The van der Waals surface area contributed by atoms with Crippen molar-refractivity contribution in [3.8, 4) is 0 Å². The number of ether oxygens (including phenoxy) is 1. The number of carbonyl (C=O) groups excluding carboxylic acids is 1. The van der Waals surface area contributed by atoms with Crippen LogP contribution < -0.4 is 0 Å². The van der Waals surface area contributed by atoms with Gasteiger partial charge in [0, 0.05) is 37.2 Å². The molecule has 2 unspecified atom stereocenters. The van der Waals surface area contributed by atoms with E-state index in [1.807, 2.05) is 13.8 Å². The molecule has 1 saturated heterocycles. The molecule has 0 bridgehead atoms. The van der Waals surface area contributed by atoms with Gasteiger partial charge in [0.25, 0.3) is 5.91 Å². The van der Waals surface area contributed by atoms with E-state index >= 15 is 0 Å². The first kappa shape index (κ1) is 18.4. The Balaban J connectivity index is 2.36. The maximum absolute atomic E-state index is 12.7.